The van der Waals surface area contributed by atoms with E-state index in [1.165, 1.54) is 12.1 Å². The highest BCUT2D eigenvalue weighted by atomic mass is 19.4. The molecule has 3 aromatic carbocycles. The van der Waals surface area contributed by atoms with Crippen LogP contribution >= 0.6 is 0 Å². The summed E-state index contributed by atoms with van der Waals surface area (Å²) in [5, 5.41) is 1.14. The molecule has 0 spiro atoms. The van der Waals surface area contributed by atoms with Gasteiger partial charge in [0.1, 0.15) is 0 Å². The third kappa shape index (κ3) is 2.85. The summed E-state index contributed by atoms with van der Waals surface area (Å²) in [5.74, 6) is 0. The topological polar surface area (TPSA) is 4.93 Å². The second-order valence-corrected chi connectivity index (χ2v) is 7.93. The number of rotatable bonds is 4. The van der Waals surface area contributed by atoms with Crippen molar-refractivity contribution in [2.24, 2.45) is 0 Å². The summed E-state index contributed by atoms with van der Waals surface area (Å²) in [6.45, 7) is 2.14. The molecular formula is C26H22F3N. The second-order valence-electron chi connectivity index (χ2n) is 7.93. The van der Waals surface area contributed by atoms with Gasteiger partial charge in [-0.15, -0.1) is 0 Å². The molecule has 0 N–H and O–H groups in total. The summed E-state index contributed by atoms with van der Waals surface area (Å²) >= 11 is 0. The Labute approximate surface area is 173 Å². The lowest BCUT2D eigenvalue weighted by atomic mass is 9.92. The first-order valence-electron chi connectivity index (χ1n) is 10.4. The van der Waals surface area contributed by atoms with Gasteiger partial charge in [0.05, 0.1) is 17.3 Å². The van der Waals surface area contributed by atoms with Crippen LogP contribution < -0.4 is 0 Å². The van der Waals surface area contributed by atoms with Crippen molar-refractivity contribution in [2.75, 3.05) is 0 Å². The number of fused-ring (bicyclic) bond motifs is 5. The van der Waals surface area contributed by atoms with E-state index in [-0.39, 0.29) is 6.04 Å². The minimum atomic E-state index is -4.36. The van der Waals surface area contributed by atoms with E-state index in [1.807, 2.05) is 30.3 Å². The summed E-state index contributed by atoms with van der Waals surface area (Å²) in [5.41, 5.74) is 5.32. The number of nitrogens with zero attached hydrogens (tertiary/aromatic N) is 1. The number of hydrogen-bond acceptors (Lipinski definition) is 0. The third-order valence-electron chi connectivity index (χ3n) is 6.10. The average Bonchev–Trinajstić information content (AvgIpc) is 3.25. The average molecular weight is 405 g/mol. The van der Waals surface area contributed by atoms with Crippen molar-refractivity contribution < 1.29 is 13.2 Å². The molecule has 0 bridgehead atoms. The van der Waals surface area contributed by atoms with E-state index in [1.54, 1.807) is 6.07 Å². The lowest BCUT2D eigenvalue weighted by Gasteiger charge is -2.18. The van der Waals surface area contributed by atoms with Gasteiger partial charge in [-0.2, -0.15) is 13.2 Å². The molecule has 30 heavy (non-hydrogen) atoms. The Kier molecular flexibility index (Phi) is 4.46. The lowest BCUT2D eigenvalue weighted by Crippen LogP contribution is -2.08. The van der Waals surface area contributed by atoms with E-state index >= 15 is 0 Å². The fraction of sp³-hybridized carbons (Fsp3) is 0.231. The summed E-state index contributed by atoms with van der Waals surface area (Å²) in [7, 11) is 0. The molecule has 0 saturated heterocycles. The van der Waals surface area contributed by atoms with Crippen molar-refractivity contribution in [1.29, 1.82) is 0 Å². The summed E-state index contributed by atoms with van der Waals surface area (Å²) in [6.07, 6.45) is -1.46. The van der Waals surface area contributed by atoms with E-state index in [0.717, 1.165) is 52.5 Å². The Hall–Kier alpha value is -3.01. The normalized spacial score (nSPS) is 15.4. The molecule has 1 atom stereocenters. The minimum absolute atomic E-state index is 0.126. The largest absolute Gasteiger partial charge is 0.416 e. The van der Waals surface area contributed by atoms with Crippen molar-refractivity contribution in [2.45, 2.75) is 38.4 Å². The molecule has 0 amide bonds. The van der Waals surface area contributed by atoms with Gasteiger partial charge >= 0.3 is 6.18 Å². The van der Waals surface area contributed by atoms with Crippen LogP contribution in [0.3, 0.4) is 0 Å². The number of hydrogen-bond donors (Lipinski definition) is 0. The fourth-order valence-corrected chi connectivity index (χ4v) is 4.78. The number of unbranched alkanes of at least 4 members (excludes halogenated alkanes) is 1. The maximum absolute atomic E-state index is 13.6. The van der Waals surface area contributed by atoms with Gasteiger partial charge in [0, 0.05) is 16.5 Å². The molecule has 4 heteroatoms. The molecule has 1 nitrogen and oxygen atoms in total. The van der Waals surface area contributed by atoms with E-state index in [4.69, 9.17) is 0 Å². The van der Waals surface area contributed by atoms with Crippen LogP contribution in [0.15, 0.2) is 72.8 Å². The van der Waals surface area contributed by atoms with Crippen molar-refractivity contribution in [1.82, 2.24) is 4.57 Å². The van der Waals surface area contributed by atoms with Crippen LogP contribution in [-0.4, -0.2) is 4.57 Å². The number of alkyl halides is 3. The van der Waals surface area contributed by atoms with E-state index in [9.17, 15) is 13.2 Å². The highest BCUT2D eigenvalue weighted by Crippen LogP contribution is 2.50. The van der Waals surface area contributed by atoms with Crippen LogP contribution in [0.4, 0.5) is 13.2 Å². The Balaban J connectivity index is 1.86. The molecule has 0 aliphatic carbocycles. The molecule has 152 valence electrons. The first-order chi connectivity index (χ1) is 14.5. The maximum atomic E-state index is 13.6. The van der Waals surface area contributed by atoms with Gasteiger partial charge in [0.15, 0.2) is 0 Å². The zero-order valence-electron chi connectivity index (χ0n) is 16.7. The Morgan fingerprint density at radius 3 is 2.37 bits per heavy atom. The van der Waals surface area contributed by atoms with Crippen LogP contribution in [0.2, 0.25) is 0 Å². The zero-order valence-corrected chi connectivity index (χ0v) is 16.7. The third-order valence-corrected chi connectivity index (χ3v) is 6.10. The molecule has 0 fully saturated rings. The molecule has 1 aliphatic rings. The van der Waals surface area contributed by atoms with Gasteiger partial charge in [0.2, 0.25) is 0 Å². The zero-order chi connectivity index (χ0) is 20.9. The molecule has 1 aliphatic heterocycles. The maximum Gasteiger partial charge on any atom is 0.416 e. The monoisotopic (exact) mass is 405 g/mol. The predicted octanol–water partition coefficient (Wildman–Crippen LogP) is 7.62. The molecule has 4 aromatic rings. The van der Waals surface area contributed by atoms with E-state index < -0.39 is 11.7 Å². The number of benzene rings is 3. The van der Waals surface area contributed by atoms with Gasteiger partial charge in [0.25, 0.3) is 0 Å². The van der Waals surface area contributed by atoms with Crippen LogP contribution in [-0.2, 0) is 12.6 Å². The smallest absolute Gasteiger partial charge is 0.328 e. The number of para-hydroxylation sites is 1. The van der Waals surface area contributed by atoms with Crippen LogP contribution in [0, 0.1) is 0 Å². The Morgan fingerprint density at radius 2 is 1.63 bits per heavy atom. The minimum Gasteiger partial charge on any atom is -0.328 e. The molecule has 0 radical (unpaired) electrons. The summed E-state index contributed by atoms with van der Waals surface area (Å²) in [4.78, 5) is 0. The van der Waals surface area contributed by atoms with Crippen LogP contribution in [0.25, 0.3) is 22.2 Å². The number of aryl methyl sites for hydroxylation is 1. The van der Waals surface area contributed by atoms with Crippen molar-refractivity contribution in [3.63, 3.8) is 0 Å². The highest BCUT2D eigenvalue weighted by molar-refractivity contribution is 5.95. The van der Waals surface area contributed by atoms with Gasteiger partial charge in [-0.3, -0.25) is 0 Å². The number of aromatic nitrogens is 1. The van der Waals surface area contributed by atoms with Crippen LogP contribution in [0.1, 0.15) is 48.1 Å². The van der Waals surface area contributed by atoms with E-state index in [2.05, 4.69) is 35.8 Å². The molecular weight excluding hydrogens is 383 g/mol. The SMILES string of the molecule is CCCCc1c2n(c3ccccc13)C(c1ccccc1)c1ccc(C(F)(F)F)cc1-2. The van der Waals surface area contributed by atoms with Gasteiger partial charge in [-0.05, 0) is 47.7 Å². The fourth-order valence-electron chi connectivity index (χ4n) is 4.78. The first kappa shape index (κ1) is 19.0. The lowest BCUT2D eigenvalue weighted by molar-refractivity contribution is -0.137. The van der Waals surface area contributed by atoms with Gasteiger partial charge in [-0.25, -0.2) is 0 Å². The Morgan fingerprint density at radius 1 is 0.900 bits per heavy atom. The molecule has 5 rings (SSSR count). The van der Waals surface area contributed by atoms with Crippen molar-refractivity contribution in [3.8, 4) is 11.3 Å². The number of halogens is 3. The highest BCUT2D eigenvalue weighted by Gasteiger charge is 2.37. The molecule has 1 unspecified atom stereocenters. The molecule has 0 saturated carbocycles. The van der Waals surface area contributed by atoms with Gasteiger partial charge in [-0.1, -0.05) is 67.9 Å². The van der Waals surface area contributed by atoms with Crippen molar-refractivity contribution in [3.05, 3.63) is 95.1 Å². The molecule has 1 aromatic heterocycles. The quantitative estimate of drug-likeness (QED) is 0.290. The van der Waals surface area contributed by atoms with Crippen molar-refractivity contribution >= 4 is 10.9 Å². The molecule has 2 heterocycles. The first-order valence-corrected chi connectivity index (χ1v) is 10.4. The van der Waals surface area contributed by atoms with Crippen LogP contribution in [0.5, 0.6) is 0 Å². The second kappa shape index (κ2) is 7.05. The predicted molar refractivity (Wildman–Crippen MR) is 115 cm³/mol. The summed E-state index contributed by atoms with van der Waals surface area (Å²) < 4.78 is 42.9. The van der Waals surface area contributed by atoms with Gasteiger partial charge < -0.3 is 4.57 Å². The standard InChI is InChI=1S/C26H22F3N/c1-2-3-11-20-19-12-7-8-13-23(19)30-24(17-9-5-4-6-10-17)21-15-14-18(26(27,28)29)16-22(21)25(20)30/h4-10,12-16,24H,2-3,11H2,1H3. The van der Waals surface area contributed by atoms with E-state index in [0.29, 0.717) is 5.56 Å². The Bertz CT molecular complexity index is 1220. The summed E-state index contributed by atoms with van der Waals surface area (Å²) in [6, 6.07) is 22.4.